The first-order valence-corrected chi connectivity index (χ1v) is 5.93. The Kier molecular flexibility index (Phi) is 5.53. The summed E-state index contributed by atoms with van der Waals surface area (Å²) in [6, 6.07) is 2.99. The van der Waals surface area contributed by atoms with Gasteiger partial charge in [0.15, 0.2) is 0 Å². The summed E-state index contributed by atoms with van der Waals surface area (Å²) >= 11 is 0. The van der Waals surface area contributed by atoms with Gasteiger partial charge in [-0.1, -0.05) is 0 Å². The molecule has 1 aromatic heterocycles. The molecule has 1 amide bonds. The highest BCUT2D eigenvalue weighted by Gasteiger charge is 2.29. The van der Waals surface area contributed by atoms with E-state index in [0.717, 1.165) is 6.42 Å². The topological polar surface area (TPSA) is 86.3 Å². The number of anilines is 1. The van der Waals surface area contributed by atoms with Gasteiger partial charge in [0.1, 0.15) is 6.10 Å². The van der Waals surface area contributed by atoms with Gasteiger partial charge >= 0.3 is 0 Å². The van der Waals surface area contributed by atoms with Crippen LogP contribution in [0.5, 0.6) is 0 Å². The third-order valence-corrected chi connectivity index (χ3v) is 3.02. The van der Waals surface area contributed by atoms with E-state index in [1.165, 1.54) is 10.6 Å². The van der Waals surface area contributed by atoms with Crippen LogP contribution < -0.4 is 16.6 Å². The summed E-state index contributed by atoms with van der Waals surface area (Å²) in [5.74, 6) is -0.190. The molecule has 0 saturated carbocycles. The molecule has 0 spiro atoms. The number of pyridine rings is 1. The monoisotopic (exact) mass is 287 g/mol. The SMILES string of the molecule is Cl.Cn1cc(NC(=O)[C@@H]2CC[C@H](CN)O2)ccc1=O. The molecule has 1 aliphatic heterocycles. The first-order chi connectivity index (χ1) is 8.60. The molecule has 0 radical (unpaired) electrons. The van der Waals surface area contributed by atoms with Crippen molar-refractivity contribution in [2.24, 2.45) is 12.8 Å². The zero-order chi connectivity index (χ0) is 13.1. The highest BCUT2D eigenvalue weighted by molar-refractivity contribution is 5.94. The fourth-order valence-corrected chi connectivity index (χ4v) is 1.96. The summed E-state index contributed by atoms with van der Waals surface area (Å²) in [5, 5.41) is 2.73. The fraction of sp³-hybridized carbons (Fsp3) is 0.500. The standard InChI is InChI=1S/C12H17N3O3.ClH/c1-15-7-8(2-5-11(15)16)14-12(17)10-4-3-9(6-13)18-10;/h2,5,7,9-10H,3-4,6,13H2,1H3,(H,14,17);1H/t9-,10+;/m1./s1. The second-order valence-corrected chi connectivity index (χ2v) is 4.42. The van der Waals surface area contributed by atoms with E-state index < -0.39 is 6.10 Å². The maximum absolute atomic E-state index is 11.9. The summed E-state index contributed by atoms with van der Waals surface area (Å²) in [4.78, 5) is 23.1. The number of halogens is 1. The Morgan fingerprint density at radius 3 is 2.84 bits per heavy atom. The van der Waals surface area contributed by atoms with E-state index in [2.05, 4.69) is 5.32 Å². The molecule has 19 heavy (non-hydrogen) atoms. The number of carbonyl (C=O) groups excluding carboxylic acids is 1. The van der Waals surface area contributed by atoms with E-state index in [4.69, 9.17) is 10.5 Å². The van der Waals surface area contributed by atoms with Gasteiger partial charge in [0.05, 0.1) is 11.8 Å². The summed E-state index contributed by atoms with van der Waals surface area (Å²) in [6.07, 6.45) is 2.59. The molecule has 1 saturated heterocycles. The summed E-state index contributed by atoms with van der Waals surface area (Å²) in [5.41, 5.74) is 5.96. The van der Waals surface area contributed by atoms with Gasteiger partial charge in [0, 0.05) is 25.9 Å². The largest absolute Gasteiger partial charge is 0.364 e. The number of aryl methyl sites for hydroxylation is 1. The van der Waals surface area contributed by atoms with Gasteiger partial charge in [-0.25, -0.2) is 0 Å². The van der Waals surface area contributed by atoms with Gasteiger partial charge in [-0.3, -0.25) is 9.59 Å². The van der Waals surface area contributed by atoms with Crippen molar-refractivity contribution >= 4 is 24.0 Å². The van der Waals surface area contributed by atoms with Crippen LogP contribution in [0.3, 0.4) is 0 Å². The van der Waals surface area contributed by atoms with Crippen LogP contribution in [0.4, 0.5) is 5.69 Å². The number of hydrogen-bond donors (Lipinski definition) is 2. The summed E-state index contributed by atoms with van der Waals surface area (Å²) < 4.78 is 6.90. The highest BCUT2D eigenvalue weighted by Crippen LogP contribution is 2.20. The van der Waals surface area contributed by atoms with E-state index >= 15 is 0 Å². The van der Waals surface area contributed by atoms with Gasteiger partial charge in [0.2, 0.25) is 5.56 Å². The third-order valence-electron chi connectivity index (χ3n) is 3.02. The van der Waals surface area contributed by atoms with E-state index in [1.807, 2.05) is 0 Å². The Labute approximate surface area is 117 Å². The average Bonchev–Trinajstić information content (AvgIpc) is 2.82. The van der Waals surface area contributed by atoms with Crippen LogP contribution in [0.15, 0.2) is 23.1 Å². The fourth-order valence-electron chi connectivity index (χ4n) is 1.96. The third kappa shape index (κ3) is 3.79. The van der Waals surface area contributed by atoms with Crippen LogP contribution in [0, 0.1) is 0 Å². The van der Waals surface area contributed by atoms with Crippen molar-refractivity contribution in [2.45, 2.75) is 25.0 Å². The lowest BCUT2D eigenvalue weighted by atomic mass is 10.2. The van der Waals surface area contributed by atoms with Crippen LogP contribution in [-0.4, -0.2) is 29.2 Å². The summed E-state index contributed by atoms with van der Waals surface area (Å²) in [7, 11) is 1.63. The number of nitrogens with one attached hydrogen (secondary N) is 1. The van der Waals surface area contributed by atoms with E-state index in [0.29, 0.717) is 18.7 Å². The molecule has 2 atom stereocenters. The van der Waals surface area contributed by atoms with Gasteiger partial charge in [-0.2, -0.15) is 0 Å². The zero-order valence-electron chi connectivity index (χ0n) is 10.7. The van der Waals surface area contributed by atoms with E-state index in [1.54, 1.807) is 19.3 Å². The Balaban J connectivity index is 0.00000180. The normalized spacial score (nSPS) is 21.8. The predicted octanol–water partition coefficient (Wildman–Crippen LogP) is 0.252. The molecule has 0 aromatic carbocycles. The first-order valence-electron chi connectivity index (χ1n) is 5.93. The quantitative estimate of drug-likeness (QED) is 0.834. The molecule has 6 nitrogen and oxygen atoms in total. The number of carbonyl (C=O) groups is 1. The minimum atomic E-state index is -0.448. The van der Waals surface area contributed by atoms with Crippen molar-refractivity contribution in [1.82, 2.24) is 4.57 Å². The lowest BCUT2D eigenvalue weighted by molar-refractivity contribution is -0.126. The lowest BCUT2D eigenvalue weighted by Gasteiger charge is -2.13. The van der Waals surface area contributed by atoms with Crippen molar-refractivity contribution in [3.05, 3.63) is 28.7 Å². The lowest BCUT2D eigenvalue weighted by Crippen LogP contribution is -2.30. The maximum Gasteiger partial charge on any atom is 0.253 e. The summed E-state index contributed by atoms with van der Waals surface area (Å²) in [6.45, 7) is 0.434. The molecule has 0 aliphatic carbocycles. The highest BCUT2D eigenvalue weighted by atomic mass is 35.5. The van der Waals surface area contributed by atoms with Gasteiger partial charge in [-0.15, -0.1) is 12.4 Å². The van der Waals surface area contributed by atoms with Crippen molar-refractivity contribution in [3.8, 4) is 0 Å². The minimum Gasteiger partial charge on any atom is -0.364 e. The van der Waals surface area contributed by atoms with Crippen molar-refractivity contribution in [1.29, 1.82) is 0 Å². The Morgan fingerprint density at radius 2 is 2.26 bits per heavy atom. The number of ether oxygens (including phenoxy) is 1. The number of nitrogens with two attached hydrogens (primary N) is 1. The molecule has 0 unspecified atom stereocenters. The Bertz CT molecular complexity index is 503. The number of rotatable bonds is 3. The second kappa shape index (κ2) is 6.70. The van der Waals surface area contributed by atoms with Gasteiger partial charge in [0.25, 0.3) is 5.91 Å². The molecular formula is C12H18ClN3O3. The average molecular weight is 288 g/mol. The molecule has 3 N–H and O–H groups in total. The Hall–Kier alpha value is -1.37. The van der Waals surface area contributed by atoms with Crippen LogP contribution in [0.25, 0.3) is 0 Å². The molecule has 1 aromatic rings. The molecular weight excluding hydrogens is 270 g/mol. The number of aromatic nitrogens is 1. The molecule has 106 valence electrons. The molecule has 2 rings (SSSR count). The van der Waals surface area contributed by atoms with Crippen LogP contribution in [0.1, 0.15) is 12.8 Å². The predicted molar refractivity (Wildman–Crippen MR) is 74.5 cm³/mol. The van der Waals surface area contributed by atoms with Crippen molar-refractivity contribution in [3.63, 3.8) is 0 Å². The van der Waals surface area contributed by atoms with Crippen LogP contribution in [0.2, 0.25) is 0 Å². The van der Waals surface area contributed by atoms with Gasteiger partial charge < -0.3 is 20.4 Å². The van der Waals surface area contributed by atoms with Crippen LogP contribution in [-0.2, 0) is 16.6 Å². The van der Waals surface area contributed by atoms with Gasteiger partial charge in [-0.05, 0) is 18.9 Å². The van der Waals surface area contributed by atoms with E-state index in [-0.39, 0.29) is 30.0 Å². The van der Waals surface area contributed by atoms with E-state index in [9.17, 15) is 9.59 Å². The van der Waals surface area contributed by atoms with Crippen LogP contribution >= 0.6 is 12.4 Å². The number of amides is 1. The number of hydrogen-bond acceptors (Lipinski definition) is 4. The smallest absolute Gasteiger partial charge is 0.253 e. The Morgan fingerprint density at radius 1 is 1.53 bits per heavy atom. The second-order valence-electron chi connectivity index (χ2n) is 4.42. The maximum atomic E-state index is 11.9. The van der Waals surface area contributed by atoms with Crippen molar-refractivity contribution < 1.29 is 9.53 Å². The van der Waals surface area contributed by atoms with Crippen molar-refractivity contribution in [2.75, 3.05) is 11.9 Å². The number of nitrogens with zero attached hydrogens (tertiary/aromatic N) is 1. The zero-order valence-corrected chi connectivity index (χ0v) is 11.5. The molecule has 2 heterocycles. The molecule has 1 fully saturated rings. The molecule has 1 aliphatic rings. The molecule has 7 heteroatoms. The minimum absolute atomic E-state index is 0. The first kappa shape index (κ1) is 15.7. The molecule has 0 bridgehead atoms.